The van der Waals surface area contributed by atoms with E-state index in [-0.39, 0.29) is 19.1 Å². The Balaban J connectivity index is 1.41. The van der Waals surface area contributed by atoms with Crippen molar-refractivity contribution < 1.29 is 29.3 Å². The van der Waals surface area contributed by atoms with E-state index < -0.39 is 36.5 Å². The fourth-order valence-corrected chi connectivity index (χ4v) is 4.85. The molecule has 4 rings (SSSR count). The molecule has 2 aromatic carbocycles. The average Bonchev–Trinajstić information content (AvgIpc) is 3.46. The first-order chi connectivity index (χ1) is 16.4. The number of alkyl carbamates (subject to hydrolysis) is 1. The lowest BCUT2D eigenvalue weighted by molar-refractivity contribution is -0.139. The van der Waals surface area contributed by atoms with E-state index in [4.69, 9.17) is 9.84 Å². The molecule has 2 amide bonds. The number of amides is 2. The van der Waals surface area contributed by atoms with E-state index >= 15 is 0 Å². The molecule has 0 aliphatic heterocycles. The third-order valence-corrected chi connectivity index (χ3v) is 6.56. The fraction of sp³-hybridized carbons (Fsp3) is 0.240. The van der Waals surface area contributed by atoms with Gasteiger partial charge in [-0.15, -0.1) is 11.3 Å². The minimum Gasteiger partial charge on any atom is -0.481 e. The molecule has 1 heterocycles. The Kier molecular flexibility index (Phi) is 7.24. The zero-order valence-corrected chi connectivity index (χ0v) is 19.0. The molecule has 0 saturated carbocycles. The van der Waals surface area contributed by atoms with E-state index in [0.29, 0.717) is 4.88 Å². The number of carbonyl (C=O) groups excluding carboxylic acids is 2. The lowest BCUT2D eigenvalue weighted by atomic mass is 9.98. The number of benzene rings is 2. The van der Waals surface area contributed by atoms with Crippen LogP contribution in [0.5, 0.6) is 0 Å². The SMILES string of the molecule is O=C(O)CC(O)CNC(=O)C(NC(=O)OCC1c2ccccc2-c2ccccc21)c1cccs1. The molecule has 2 unspecified atom stereocenters. The highest BCUT2D eigenvalue weighted by Gasteiger charge is 2.30. The number of aliphatic hydroxyl groups excluding tert-OH is 1. The molecule has 1 aliphatic carbocycles. The molecule has 0 bridgehead atoms. The largest absolute Gasteiger partial charge is 0.481 e. The monoisotopic (exact) mass is 480 g/mol. The topological polar surface area (TPSA) is 125 Å². The standard InChI is InChI=1S/C25H24N2O6S/c28-15(12-22(29)30)13-26-24(31)23(21-10-5-11-34-21)27-25(32)33-14-20-18-8-3-1-6-16(18)17-7-2-4-9-19(17)20/h1-11,15,20,23,28H,12-14H2,(H,26,31)(H,27,32)(H,29,30). The summed E-state index contributed by atoms with van der Waals surface area (Å²) in [5, 5.41) is 25.3. The number of aliphatic carboxylic acids is 1. The van der Waals surface area contributed by atoms with Crippen LogP contribution in [-0.4, -0.2) is 47.4 Å². The second kappa shape index (κ2) is 10.5. The van der Waals surface area contributed by atoms with Gasteiger partial charge in [0.15, 0.2) is 0 Å². The van der Waals surface area contributed by atoms with Crippen LogP contribution in [0.3, 0.4) is 0 Å². The quantitative estimate of drug-likeness (QED) is 0.373. The van der Waals surface area contributed by atoms with Gasteiger partial charge in [0.05, 0.1) is 12.5 Å². The predicted octanol–water partition coefficient (Wildman–Crippen LogP) is 3.28. The normalized spacial score (nSPS) is 13.9. The summed E-state index contributed by atoms with van der Waals surface area (Å²) in [7, 11) is 0. The van der Waals surface area contributed by atoms with Crippen LogP contribution in [0.25, 0.3) is 11.1 Å². The number of hydrogen-bond donors (Lipinski definition) is 4. The lowest BCUT2D eigenvalue weighted by Gasteiger charge is -2.19. The molecule has 0 spiro atoms. The first-order valence-electron chi connectivity index (χ1n) is 10.8. The second-order valence-electron chi connectivity index (χ2n) is 7.92. The summed E-state index contributed by atoms with van der Waals surface area (Å²) in [6, 6.07) is 18.4. The van der Waals surface area contributed by atoms with E-state index in [1.165, 1.54) is 11.3 Å². The number of ether oxygens (including phenoxy) is 1. The van der Waals surface area contributed by atoms with Crippen molar-refractivity contribution in [3.05, 3.63) is 82.0 Å². The van der Waals surface area contributed by atoms with Gasteiger partial charge in [0.2, 0.25) is 5.91 Å². The van der Waals surface area contributed by atoms with Crippen molar-refractivity contribution in [1.29, 1.82) is 0 Å². The molecule has 9 heteroatoms. The van der Waals surface area contributed by atoms with E-state index in [2.05, 4.69) is 10.6 Å². The third-order valence-electron chi connectivity index (χ3n) is 5.62. The number of aliphatic hydroxyl groups is 1. The van der Waals surface area contributed by atoms with Crippen LogP contribution in [0.4, 0.5) is 4.79 Å². The van der Waals surface area contributed by atoms with Crippen molar-refractivity contribution in [1.82, 2.24) is 10.6 Å². The van der Waals surface area contributed by atoms with Crippen LogP contribution in [0, 0.1) is 0 Å². The van der Waals surface area contributed by atoms with Crippen molar-refractivity contribution in [3.8, 4) is 11.1 Å². The maximum absolute atomic E-state index is 12.7. The number of fused-ring (bicyclic) bond motifs is 3. The Morgan fingerprint density at radius 3 is 2.21 bits per heavy atom. The molecule has 8 nitrogen and oxygen atoms in total. The molecule has 2 atom stereocenters. The minimum atomic E-state index is -1.24. The van der Waals surface area contributed by atoms with Gasteiger partial charge in [-0.1, -0.05) is 54.6 Å². The Labute approximate surface area is 200 Å². The summed E-state index contributed by atoms with van der Waals surface area (Å²) in [6.07, 6.45) is -2.48. The van der Waals surface area contributed by atoms with Gasteiger partial charge >= 0.3 is 12.1 Å². The molecular formula is C25H24N2O6S. The Morgan fingerprint density at radius 1 is 0.971 bits per heavy atom. The highest BCUT2D eigenvalue weighted by Crippen LogP contribution is 2.44. The molecule has 34 heavy (non-hydrogen) atoms. The third kappa shape index (κ3) is 5.27. The number of carboxylic acid groups (broad SMARTS) is 1. The van der Waals surface area contributed by atoms with Gasteiger partial charge in [-0.05, 0) is 33.7 Å². The Hall–Kier alpha value is -3.69. The van der Waals surface area contributed by atoms with E-state index in [9.17, 15) is 19.5 Å². The van der Waals surface area contributed by atoms with Gasteiger partial charge in [-0.25, -0.2) is 4.79 Å². The van der Waals surface area contributed by atoms with Gasteiger partial charge in [0.25, 0.3) is 0 Å². The van der Waals surface area contributed by atoms with Gasteiger partial charge in [0, 0.05) is 17.3 Å². The van der Waals surface area contributed by atoms with Crippen molar-refractivity contribution in [2.24, 2.45) is 0 Å². The van der Waals surface area contributed by atoms with Crippen LogP contribution < -0.4 is 10.6 Å². The van der Waals surface area contributed by atoms with Gasteiger partial charge in [0.1, 0.15) is 12.6 Å². The van der Waals surface area contributed by atoms with Crippen molar-refractivity contribution in [2.75, 3.05) is 13.2 Å². The zero-order chi connectivity index (χ0) is 24.1. The molecule has 3 aromatic rings. The molecule has 176 valence electrons. The number of nitrogens with one attached hydrogen (secondary N) is 2. The van der Waals surface area contributed by atoms with Crippen LogP contribution in [0.1, 0.15) is 34.4 Å². The minimum absolute atomic E-state index is 0.107. The lowest BCUT2D eigenvalue weighted by Crippen LogP contribution is -2.43. The molecule has 4 N–H and O–H groups in total. The Bertz CT molecular complexity index is 1130. The first-order valence-corrected chi connectivity index (χ1v) is 11.6. The molecule has 1 aliphatic rings. The predicted molar refractivity (Wildman–Crippen MR) is 127 cm³/mol. The maximum Gasteiger partial charge on any atom is 0.408 e. The summed E-state index contributed by atoms with van der Waals surface area (Å²) < 4.78 is 5.54. The van der Waals surface area contributed by atoms with Crippen molar-refractivity contribution in [3.63, 3.8) is 0 Å². The number of carbonyl (C=O) groups is 3. The highest BCUT2D eigenvalue weighted by molar-refractivity contribution is 7.10. The maximum atomic E-state index is 12.7. The molecule has 0 saturated heterocycles. The van der Waals surface area contributed by atoms with Gasteiger partial charge in [-0.2, -0.15) is 0 Å². The number of thiophene rings is 1. The summed E-state index contributed by atoms with van der Waals surface area (Å²) in [5.41, 5.74) is 4.39. The fourth-order valence-electron chi connectivity index (χ4n) is 4.07. The molecule has 0 fully saturated rings. The highest BCUT2D eigenvalue weighted by atomic mass is 32.1. The van der Waals surface area contributed by atoms with Crippen molar-refractivity contribution in [2.45, 2.75) is 24.5 Å². The number of carboxylic acids is 1. The number of rotatable bonds is 9. The van der Waals surface area contributed by atoms with E-state index in [0.717, 1.165) is 22.3 Å². The zero-order valence-electron chi connectivity index (χ0n) is 18.1. The van der Waals surface area contributed by atoms with Crippen LogP contribution >= 0.6 is 11.3 Å². The second-order valence-corrected chi connectivity index (χ2v) is 8.89. The summed E-state index contributed by atoms with van der Waals surface area (Å²) in [4.78, 5) is 36.7. The first kappa shape index (κ1) is 23.5. The average molecular weight is 481 g/mol. The smallest absolute Gasteiger partial charge is 0.408 e. The van der Waals surface area contributed by atoms with Gasteiger partial charge < -0.3 is 25.6 Å². The summed E-state index contributed by atoms with van der Waals surface area (Å²) in [6.45, 7) is -0.144. The molecule has 0 radical (unpaired) electrons. The number of hydrogen-bond acceptors (Lipinski definition) is 6. The van der Waals surface area contributed by atoms with Crippen LogP contribution in [0.15, 0.2) is 66.0 Å². The van der Waals surface area contributed by atoms with E-state index in [1.807, 2.05) is 48.5 Å². The van der Waals surface area contributed by atoms with Crippen LogP contribution in [-0.2, 0) is 14.3 Å². The molecular weight excluding hydrogens is 456 g/mol. The molecule has 1 aromatic heterocycles. The summed E-state index contributed by atoms with van der Waals surface area (Å²) >= 11 is 1.28. The van der Waals surface area contributed by atoms with Crippen LogP contribution in [0.2, 0.25) is 0 Å². The van der Waals surface area contributed by atoms with Crippen molar-refractivity contribution >= 4 is 29.3 Å². The summed E-state index contributed by atoms with van der Waals surface area (Å²) in [5.74, 6) is -1.85. The Morgan fingerprint density at radius 2 is 1.62 bits per heavy atom. The van der Waals surface area contributed by atoms with E-state index in [1.54, 1.807) is 17.5 Å². The van der Waals surface area contributed by atoms with Gasteiger partial charge in [-0.3, -0.25) is 9.59 Å².